The van der Waals surface area contributed by atoms with Crippen molar-refractivity contribution in [3.8, 4) is 10.4 Å². The zero-order valence-electron chi connectivity index (χ0n) is 18.8. The van der Waals surface area contributed by atoms with E-state index >= 15 is 0 Å². The second kappa shape index (κ2) is 9.58. The Hall–Kier alpha value is -2.11. The predicted octanol–water partition coefficient (Wildman–Crippen LogP) is 6.55. The lowest BCUT2D eigenvalue weighted by Gasteiger charge is -2.22. The third-order valence-electron chi connectivity index (χ3n) is 6.00. The van der Waals surface area contributed by atoms with Gasteiger partial charge in [0.15, 0.2) is 0 Å². The topological polar surface area (TPSA) is 33.2 Å². The number of aromatic nitrogens is 1. The zero-order valence-corrected chi connectivity index (χ0v) is 20.4. The molecule has 0 atom stereocenters. The van der Waals surface area contributed by atoms with E-state index in [0.717, 1.165) is 35.0 Å². The molecule has 0 radical (unpaired) electrons. The monoisotopic (exact) mass is 450 g/mol. The predicted molar refractivity (Wildman–Crippen MR) is 132 cm³/mol. The van der Waals surface area contributed by atoms with Gasteiger partial charge in [0.1, 0.15) is 5.69 Å². The molecular formula is C26H30N2OS2. The summed E-state index contributed by atoms with van der Waals surface area (Å²) in [7, 11) is 0. The van der Waals surface area contributed by atoms with Gasteiger partial charge in [0.25, 0.3) is 5.91 Å². The van der Waals surface area contributed by atoms with Crippen LogP contribution in [0.15, 0.2) is 47.4 Å². The number of thioether (sulfide) groups is 1. The molecule has 1 aliphatic carbocycles. The highest BCUT2D eigenvalue weighted by Gasteiger charge is 2.30. The van der Waals surface area contributed by atoms with E-state index in [1.165, 1.54) is 34.4 Å². The minimum atomic E-state index is 0.0743. The van der Waals surface area contributed by atoms with Crippen molar-refractivity contribution in [3.63, 3.8) is 0 Å². The second-order valence-corrected chi connectivity index (χ2v) is 10.6. The van der Waals surface area contributed by atoms with Crippen LogP contribution >= 0.6 is 23.1 Å². The van der Waals surface area contributed by atoms with Gasteiger partial charge >= 0.3 is 0 Å². The van der Waals surface area contributed by atoms with Gasteiger partial charge in [-0.3, -0.25) is 4.79 Å². The molecular weight excluding hydrogens is 420 g/mol. The Kier molecular flexibility index (Phi) is 6.83. The Balaban J connectivity index is 1.57. The first-order valence-electron chi connectivity index (χ1n) is 10.9. The van der Waals surface area contributed by atoms with Gasteiger partial charge in [0, 0.05) is 18.0 Å². The maximum atomic E-state index is 13.7. The van der Waals surface area contributed by atoms with Crippen molar-refractivity contribution in [2.75, 3.05) is 19.3 Å². The lowest BCUT2D eigenvalue weighted by Crippen LogP contribution is -2.35. The summed E-state index contributed by atoms with van der Waals surface area (Å²) in [5.74, 6) is 0.720. The molecule has 4 rings (SSSR count). The van der Waals surface area contributed by atoms with Crippen LogP contribution in [0.25, 0.3) is 10.4 Å². The van der Waals surface area contributed by atoms with Crippen LogP contribution in [0.1, 0.15) is 45.0 Å². The van der Waals surface area contributed by atoms with E-state index in [-0.39, 0.29) is 5.91 Å². The smallest absolute Gasteiger partial charge is 0.274 e. The molecule has 5 heteroatoms. The highest BCUT2D eigenvalue weighted by atomic mass is 32.2. The quantitative estimate of drug-likeness (QED) is 0.365. The summed E-state index contributed by atoms with van der Waals surface area (Å²) in [6.07, 6.45) is 5.42. The fourth-order valence-corrected chi connectivity index (χ4v) is 5.06. The van der Waals surface area contributed by atoms with Crippen LogP contribution in [0, 0.1) is 26.7 Å². The Morgan fingerprint density at radius 2 is 1.84 bits per heavy atom. The van der Waals surface area contributed by atoms with E-state index in [1.54, 1.807) is 23.1 Å². The molecule has 31 heavy (non-hydrogen) atoms. The number of aryl methyl sites for hydroxylation is 3. The van der Waals surface area contributed by atoms with Gasteiger partial charge in [0.2, 0.25) is 0 Å². The molecule has 162 valence electrons. The van der Waals surface area contributed by atoms with E-state index in [1.807, 2.05) is 11.8 Å². The molecule has 3 nitrogen and oxygen atoms in total. The van der Waals surface area contributed by atoms with Crippen LogP contribution in [-0.2, 0) is 6.42 Å². The van der Waals surface area contributed by atoms with Gasteiger partial charge in [-0.15, -0.1) is 23.1 Å². The molecule has 0 spiro atoms. The van der Waals surface area contributed by atoms with Crippen LogP contribution in [0.3, 0.4) is 0 Å². The number of carbonyl (C=O) groups is 1. The second-order valence-electron chi connectivity index (χ2n) is 8.50. The van der Waals surface area contributed by atoms with Crippen molar-refractivity contribution in [1.82, 2.24) is 9.88 Å². The van der Waals surface area contributed by atoms with Gasteiger partial charge in [-0.05, 0) is 86.6 Å². The average molecular weight is 451 g/mol. The molecule has 0 saturated heterocycles. The fourth-order valence-electron chi connectivity index (χ4n) is 3.74. The van der Waals surface area contributed by atoms with Crippen molar-refractivity contribution >= 4 is 29.0 Å². The van der Waals surface area contributed by atoms with Crippen molar-refractivity contribution in [3.05, 3.63) is 69.9 Å². The summed E-state index contributed by atoms with van der Waals surface area (Å²) in [4.78, 5) is 22.7. The van der Waals surface area contributed by atoms with Crippen molar-refractivity contribution in [1.29, 1.82) is 0 Å². The lowest BCUT2D eigenvalue weighted by atomic mass is 10.0. The number of hydrogen-bond donors (Lipinski definition) is 0. The maximum Gasteiger partial charge on any atom is 0.274 e. The molecule has 0 N–H and O–H groups in total. The van der Waals surface area contributed by atoms with Gasteiger partial charge in [0.05, 0.1) is 9.88 Å². The molecule has 3 aromatic rings. The first-order chi connectivity index (χ1) is 14.9. The minimum Gasteiger partial charge on any atom is -0.337 e. The highest BCUT2D eigenvalue weighted by Crippen LogP contribution is 2.34. The highest BCUT2D eigenvalue weighted by molar-refractivity contribution is 7.98. The number of hydrogen-bond acceptors (Lipinski definition) is 4. The normalized spacial score (nSPS) is 13.4. The molecule has 0 unspecified atom stereocenters. The number of amides is 1. The SMILES string of the molecule is CSc1ccc(CCN(CC2CC2)C(=O)c2nc(C)sc2-c2ccc(C)c(C)c2)cc1. The Morgan fingerprint density at radius 1 is 1.10 bits per heavy atom. The van der Waals surface area contributed by atoms with Gasteiger partial charge in [-0.1, -0.05) is 30.3 Å². The van der Waals surface area contributed by atoms with E-state index in [2.05, 4.69) is 67.6 Å². The summed E-state index contributed by atoms with van der Waals surface area (Å²) >= 11 is 3.37. The number of benzene rings is 2. The molecule has 1 amide bonds. The van der Waals surface area contributed by atoms with Gasteiger partial charge in [-0.2, -0.15) is 0 Å². The van der Waals surface area contributed by atoms with Crippen molar-refractivity contribution in [2.45, 2.75) is 44.9 Å². The minimum absolute atomic E-state index is 0.0743. The first-order valence-corrected chi connectivity index (χ1v) is 13.0. The maximum absolute atomic E-state index is 13.7. The van der Waals surface area contributed by atoms with Crippen molar-refractivity contribution in [2.24, 2.45) is 5.92 Å². The standard InChI is InChI=1S/C26H30N2OS2/c1-17-5-10-22(15-18(17)2)25-24(27-19(3)31-25)26(29)28(16-21-6-7-21)14-13-20-8-11-23(30-4)12-9-20/h5,8-12,15,21H,6-7,13-14,16H2,1-4H3. The molecule has 1 heterocycles. The van der Waals surface area contributed by atoms with Gasteiger partial charge in [-0.25, -0.2) is 4.98 Å². The molecule has 2 aromatic carbocycles. The number of nitrogens with zero attached hydrogens (tertiary/aromatic N) is 2. The molecule has 0 aliphatic heterocycles. The summed E-state index contributed by atoms with van der Waals surface area (Å²) in [6, 6.07) is 15.1. The lowest BCUT2D eigenvalue weighted by molar-refractivity contribution is 0.0745. The zero-order chi connectivity index (χ0) is 22.0. The molecule has 1 aliphatic rings. The van der Waals surface area contributed by atoms with Crippen molar-refractivity contribution < 1.29 is 4.79 Å². The van der Waals surface area contributed by atoms with E-state index in [0.29, 0.717) is 11.6 Å². The Bertz CT molecular complexity index is 1070. The van der Waals surface area contributed by atoms with Crippen LogP contribution in [0.2, 0.25) is 0 Å². The summed E-state index contributed by atoms with van der Waals surface area (Å²) in [6.45, 7) is 7.80. The average Bonchev–Trinajstić information content (AvgIpc) is 3.51. The van der Waals surface area contributed by atoms with E-state index < -0.39 is 0 Å². The summed E-state index contributed by atoms with van der Waals surface area (Å²) in [5.41, 5.74) is 5.49. The van der Waals surface area contributed by atoms with E-state index in [4.69, 9.17) is 0 Å². The third kappa shape index (κ3) is 5.39. The fraction of sp³-hybridized carbons (Fsp3) is 0.385. The number of thiazole rings is 1. The molecule has 1 aromatic heterocycles. The first kappa shape index (κ1) is 22.1. The van der Waals surface area contributed by atoms with E-state index in [9.17, 15) is 4.79 Å². The van der Waals surface area contributed by atoms with Crippen LogP contribution in [0.4, 0.5) is 0 Å². The number of rotatable bonds is 8. The Labute approximate surface area is 193 Å². The van der Waals surface area contributed by atoms with Crippen LogP contribution in [-0.4, -0.2) is 35.1 Å². The Morgan fingerprint density at radius 3 is 2.48 bits per heavy atom. The van der Waals surface area contributed by atoms with Crippen LogP contribution < -0.4 is 0 Å². The molecule has 0 bridgehead atoms. The summed E-state index contributed by atoms with van der Waals surface area (Å²) < 4.78 is 0. The molecule has 1 fully saturated rings. The summed E-state index contributed by atoms with van der Waals surface area (Å²) in [5, 5.41) is 0.940. The van der Waals surface area contributed by atoms with Crippen LogP contribution in [0.5, 0.6) is 0 Å². The number of carbonyl (C=O) groups excluding carboxylic acids is 1. The molecule has 1 saturated carbocycles. The largest absolute Gasteiger partial charge is 0.337 e. The third-order valence-corrected chi connectivity index (χ3v) is 7.76. The van der Waals surface area contributed by atoms with Gasteiger partial charge < -0.3 is 4.90 Å².